The van der Waals surface area contributed by atoms with Crippen LogP contribution in [0.25, 0.3) is 0 Å². The number of carbonyl (C=O) groups is 1. The minimum absolute atomic E-state index is 0.202. The van der Waals surface area contributed by atoms with Gasteiger partial charge in [-0.1, -0.05) is 19.1 Å². The van der Waals surface area contributed by atoms with Crippen LogP contribution in [0.1, 0.15) is 44.6 Å². The maximum atomic E-state index is 13.2. The van der Waals surface area contributed by atoms with Crippen molar-refractivity contribution in [3.63, 3.8) is 0 Å². The summed E-state index contributed by atoms with van der Waals surface area (Å²) in [6.45, 7) is 4.97. The van der Waals surface area contributed by atoms with E-state index in [1.807, 2.05) is 11.0 Å². The molecule has 0 aromatic heterocycles. The van der Waals surface area contributed by atoms with E-state index in [1.54, 1.807) is 12.1 Å². The van der Waals surface area contributed by atoms with E-state index in [4.69, 9.17) is 0 Å². The van der Waals surface area contributed by atoms with Crippen LogP contribution in [0.4, 0.5) is 4.39 Å². The average molecular weight is 332 g/mol. The molecule has 1 saturated heterocycles. The van der Waals surface area contributed by atoms with E-state index in [2.05, 4.69) is 12.2 Å². The van der Waals surface area contributed by atoms with Gasteiger partial charge >= 0.3 is 0 Å². The molecule has 1 aromatic rings. The number of halogens is 1. The summed E-state index contributed by atoms with van der Waals surface area (Å²) in [7, 11) is 0. The molecule has 3 nitrogen and oxygen atoms in total. The largest absolute Gasteiger partial charge is 0.343 e. The lowest BCUT2D eigenvalue weighted by Crippen LogP contribution is -2.45. The quantitative estimate of drug-likeness (QED) is 0.830. The molecule has 1 saturated carbocycles. The first-order valence-corrected chi connectivity index (χ1v) is 9.35. The average Bonchev–Trinajstić information content (AvgIpc) is 3.37. The molecule has 4 heteroatoms. The lowest BCUT2D eigenvalue weighted by Gasteiger charge is -2.33. The Morgan fingerprint density at radius 3 is 2.71 bits per heavy atom. The highest BCUT2D eigenvalue weighted by Crippen LogP contribution is 2.28. The third-order valence-electron chi connectivity index (χ3n) is 5.24. The smallest absolute Gasteiger partial charge is 0.222 e. The van der Waals surface area contributed by atoms with Crippen molar-refractivity contribution in [2.24, 2.45) is 11.8 Å². The van der Waals surface area contributed by atoms with Crippen molar-refractivity contribution < 1.29 is 9.18 Å². The molecule has 1 unspecified atom stereocenters. The van der Waals surface area contributed by atoms with Gasteiger partial charge in [0.15, 0.2) is 0 Å². The van der Waals surface area contributed by atoms with Crippen LogP contribution in [0, 0.1) is 17.7 Å². The van der Waals surface area contributed by atoms with Crippen LogP contribution in [-0.2, 0) is 11.2 Å². The third-order valence-corrected chi connectivity index (χ3v) is 5.24. The molecule has 1 aromatic carbocycles. The zero-order valence-corrected chi connectivity index (χ0v) is 14.6. The molecule has 0 radical (unpaired) electrons. The number of carbonyl (C=O) groups excluding carboxylic acids is 1. The fourth-order valence-electron chi connectivity index (χ4n) is 3.55. The van der Waals surface area contributed by atoms with E-state index < -0.39 is 0 Å². The van der Waals surface area contributed by atoms with Crippen molar-refractivity contribution in [2.75, 3.05) is 19.6 Å². The highest BCUT2D eigenvalue weighted by Gasteiger charge is 2.26. The lowest BCUT2D eigenvalue weighted by atomic mass is 9.96. The van der Waals surface area contributed by atoms with Gasteiger partial charge in [0, 0.05) is 25.6 Å². The summed E-state index contributed by atoms with van der Waals surface area (Å²) >= 11 is 0. The lowest BCUT2D eigenvalue weighted by molar-refractivity contribution is -0.133. The minimum atomic E-state index is -0.202. The van der Waals surface area contributed by atoms with E-state index in [0.717, 1.165) is 50.4 Å². The molecule has 2 fully saturated rings. The van der Waals surface area contributed by atoms with Gasteiger partial charge in [-0.15, -0.1) is 0 Å². The Bertz CT molecular complexity index is 550. The van der Waals surface area contributed by atoms with Gasteiger partial charge in [0.2, 0.25) is 5.91 Å². The number of nitrogens with one attached hydrogen (secondary N) is 1. The molecule has 24 heavy (non-hydrogen) atoms. The van der Waals surface area contributed by atoms with Crippen molar-refractivity contribution in [3.8, 4) is 0 Å². The van der Waals surface area contributed by atoms with Gasteiger partial charge in [0.25, 0.3) is 0 Å². The van der Waals surface area contributed by atoms with Gasteiger partial charge in [-0.05, 0) is 68.2 Å². The van der Waals surface area contributed by atoms with Crippen molar-refractivity contribution in [3.05, 3.63) is 35.6 Å². The molecule has 1 heterocycles. The summed E-state index contributed by atoms with van der Waals surface area (Å²) in [5, 5.41) is 3.65. The number of hydrogen-bond donors (Lipinski definition) is 1. The second-order valence-corrected chi connectivity index (χ2v) is 7.65. The highest BCUT2D eigenvalue weighted by molar-refractivity contribution is 5.76. The SMILES string of the molecule is CC(CC(=O)N1CCC(NCC2CC2)CC1)Cc1cccc(F)c1. The van der Waals surface area contributed by atoms with Crippen molar-refractivity contribution in [2.45, 2.75) is 51.5 Å². The molecule has 0 bridgehead atoms. The van der Waals surface area contributed by atoms with Crippen LogP contribution < -0.4 is 5.32 Å². The second-order valence-electron chi connectivity index (χ2n) is 7.65. The first-order valence-electron chi connectivity index (χ1n) is 9.35. The molecular weight excluding hydrogens is 303 g/mol. The van der Waals surface area contributed by atoms with Crippen molar-refractivity contribution in [1.29, 1.82) is 0 Å². The molecule has 1 aliphatic carbocycles. The molecule has 1 N–H and O–H groups in total. The van der Waals surface area contributed by atoms with Gasteiger partial charge in [-0.3, -0.25) is 4.79 Å². The molecule has 3 rings (SSSR count). The van der Waals surface area contributed by atoms with Gasteiger partial charge in [-0.25, -0.2) is 4.39 Å². The predicted octanol–water partition coefficient (Wildman–Crippen LogP) is 3.39. The van der Waals surface area contributed by atoms with Gasteiger partial charge < -0.3 is 10.2 Å². The number of amides is 1. The van der Waals surface area contributed by atoms with E-state index >= 15 is 0 Å². The molecule has 1 atom stereocenters. The van der Waals surface area contributed by atoms with Crippen LogP contribution in [0.15, 0.2) is 24.3 Å². The maximum absolute atomic E-state index is 13.2. The van der Waals surface area contributed by atoms with Crippen LogP contribution in [0.2, 0.25) is 0 Å². The number of hydrogen-bond acceptors (Lipinski definition) is 2. The fourth-order valence-corrected chi connectivity index (χ4v) is 3.55. The molecule has 0 spiro atoms. The first kappa shape index (κ1) is 17.4. The Morgan fingerprint density at radius 1 is 1.29 bits per heavy atom. The van der Waals surface area contributed by atoms with Gasteiger partial charge in [0.05, 0.1) is 0 Å². The monoisotopic (exact) mass is 332 g/mol. The highest BCUT2D eigenvalue weighted by atomic mass is 19.1. The van der Waals surface area contributed by atoms with E-state index in [1.165, 1.54) is 18.9 Å². The molecule has 1 amide bonds. The van der Waals surface area contributed by atoms with Crippen LogP contribution in [0.3, 0.4) is 0 Å². The Kier molecular flexibility index (Phi) is 5.88. The third kappa shape index (κ3) is 5.30. The normalized spacial score (nSPS) is 20.2. The summed E-state index contributed by atoms with van der Waals surface area (Å²) in [5.41, 5.74) is 0.971. The summed E-state index contributed by atoms with van der Waals surface area (Å²) in [6.07, 6.45) is 6.20. The summed E-state index contributed by atoms with van der Waals surface area (Å²) in [5.74, 6) is 1.20. The summed E-state index contributed by atoms with van der Waals surface area (Å²) in [6, 6.07) is 7.28. The number of nitrogens with zero attached hydrogens (tertiary/aromatic N) is 1. The van der Waals surface area contributed by atoms with E-state index in [9.17, 15) is 9.18 Å². The topological polar surface area (TPSA) is 32.3 Å². The zero-order chi connectivity index (χ0) is 16.9. The van der Waals surface area contributed by atoms with E-state index in [-0.39, 0.29) is 17.6 Å². The van der Waals surface area contributed by atoms with Crippen LogP contribution in [-0.4, -0.2) is 36.5 Å². The number of likely N-dealkylation sites (tertiary alicyclic amines) is 1. The van der Waals surface area contributed by atoms with Crippen LogP contribution >= 0.6 is 0 Å². The second kappa shape index (κ2) is 8.11. The summed E-state index contributed by atoms with van der Waals surface area (Å²) in [4.78, 5) is 14.5. The fraction of sp³-hybridized carbons (Fsp3) is 0.650. The standard InChI is InChI=1S/C20H29FN2O/c1-15(11-17-3-2-4-18(21)13-17)12-20(24)23-9-7-19(8-10-23)22-14-16-5-6-16/h2-4,13,15-16,19,22H,5-12,14H2,1H3. The minimum Gasteiger partial charge on any atom is -0.343 e. The molecule has 132 valence electrons. The Labute approximate surface area is 144 Å². The van der Waals surface area contributed by atoms with Crippen molar-refractivity contribution >= 4 is 5.91 Å². The number of rotatable bonds is 7. The Morgan fingerprint density at radius 2 is 2.04 bits per heavy atom. The first-order chi connectivity index (χ1) is 11.6. The van der Waals surface area contributed by atoms with Crippen molar-refractivity contribution in [1.82, 2.24) is 10.2 Å². The van der Waals surface area contributed by atoms with E-state index in [0.29, 0.717) is 12.5 Å². The Balaban J connectivity index is 1.38. The zero-order valence-electron chi connectivity index (χ0n) is 14.6. The number of piperidine rings is 1. The number of benzene rings is 1. The molecule has 1 aliphatic heterocycles. The predicted molar refractivity (Wildman–Crippen MR) is 94.2 cm³/mol. The molecule has 2 aliphatic rings. The summed E-state index contributed by atoms with van der Waals surface area (Å²) < 4.78 is 13.2. The molecular formula is C20H29FN2O. The van der Waals surface area contributed by atoms with Gasteiger partial charge in [-0.2, -0.15) is 0 Å². The Hall–Kier alpha value is -1.42. The maximum Gasteiger partial charge on any atom is 0.222 e. The van der Waals surface area contributed by atoms with Gasteiger partial charge in [0.1, 0.15) is 5.82 Å². The van der Waals surface area contributed by atoms with Crippen LogP contribution in [0.5, 0.6) is 0 Å².